The summed E-state index contributed by atoms with van der Waals surface area (Å²) in [6, 6.07) is 16.4. The molecular weight excluding hydrogens is 492 g/mol. The van der Waals surface area contributed by atoms with Gasteiger partial charge in [0.2, 0.25) is 5.78 Å². The van der Waals surface area contributed by atoms with E-state index in [1.54, 1.807) is 19.1 Å². The Labute approximate surface area is 208 Å². The molecule has 0 bridgehead atoms. The average Bonchev–Trinajstić information content (AvgIpc) is 3.55. The van der Waals surface area contributed by atoms with Crippen LogP contribution >= 0.6 is 34.3 Å². The van der Waals surface area contributed by atoms with E-state index < -0.39 is 23.5 Å². The van der Waals surface area contributed by atoms with Gasteiger partial charge in [0.15, 0.2) is 5.76 Å². The zero-order valence-electron chi connectivity index (χ0n) is 17.7. The molecule has 0 aliphatic carbocycles. The molecule has 3 heterocycles. The Kier molecular flexibility index (Phi) is 5.73. The van der Waals surface area contributed by atoms with Gasteiger partial charge >= 0.3 is 0 Å². The number of aromatic nitrogens is 1. The average molecular weight is 509 g/mol. The van der Waals surface area contributed by atoms with E-state index in [0.717, 1.165) is 5.56 Å². The molecule has 170 valence electrons. The summed E-state index contributed by atoms with van der Waals surface area (Å²) in [5, 5.41) is 24.2. The number of ketones is 1. The lowest BCUT2D eigenvalue weighted by molar-refractivity contribution is -0.117. The van der Waals surface area contributed by atoms with E-state index in [9.17, 15) is 19.8 Å². The van der Waals surface area contributed by atoms with Gasteiger partial charge in [0.25, 0.3) is 5.91 Å². The molecule has 9 heteroatoms. The van der Waals surface area contributed by atoms with E-state index in [4.69, 9.17) is 11.6 Å². The van der Waals surface area contributed by atoms with Crippen LogP contribution < -0.4 is 4.90 Å². The summed E-state index contributed by atoms with van der Waals surface area (Å²) in [6.45, 7) is 1.73. The third-order valence-electron chi connectivity index (χ3n) is 5.49. The zero-order valence-corrected chi connectivity index (χ0v) is 20.1. The highest BCUT2D eigenvalue weighted by Gasteiger charge is 2.46. The third kappa shape index (κ3) is 3.69. The van der Waals surface area contributed by atoms with Crippen molar-refractivity contribution in [2.24, 2.45) is 0 Å². The number of aryl methyl sites for hydroxylation is 1. The van der Waals surface area contributed by atoms with Crippen molar-refractivity contribution in [2.45, 2.75) is 13.0 Å². The number of rotatable bonds is 5. The summed E-state index contributed by atoms with van der Waals surface area (Å²) in [6.07, 6.45) is 0. The van der Waals surface area contributed by atoms with Crippen LogP contribution in [0.3, 0.4) is 0 Å². The number of amides is 1. The number of Topliss-reactive ketones (excluding diaryl/α,β-unsaturated/α-hetero) is 1. The molecule has 6 nitrogen and oxygen atoms in total. The van der Waals surface area contributed by atoms with Crippen LogP contribution in [0.5, 0.6) is 5.75 Å². The van der Waals surface area contributed by atoms with Crippen molar-refractivity contribution >= 4 is 51.7 Å². The molecular formula is C25H17ClN2O4S2. The van der Waals surface area contributed by atoms with Crippen LogP contribution in [-0.2, 0) is 4.79 Å². The molecule has 2 N–H and O–H groups in total. The van der Waals surface area contributed by atoms with E-state index in [2.05, 4.69) is 4.98 Å². The Hall–Kier alpha value is -3.46. The highest BCUT2D eigenvalue weighted by atomic mass is 35.5. The van der Waals surface area contributed by atoms with Gasteiger partial charge < -0.3 is 10.2 Å². The number of thiazole rings is 1. The summed E-state index contributed by atoms with van der Waals surface area (Å²) >= 11 is 8.68. The molecule has 0 fully saturated rings. The number of thiophene rings is 1. The summed E-state index contributed by atoms with van der Waals surface area (Å²) in [5.74, 6) is -2.12. The number of carbonyl (C=O) groups is 2. The number of carbonyl (C=O) groups excluding carboxylic acids is 2. The van der Waals surface area contributed by atoms with Crippen LogP contribution in [0.1, 0.15) is 26.3 Å². The Morgan fingerprint density at radius 2 is 1.85 bits per heavy atom. The van der Waals surface area contributed by atoms with Crippen LogP contribution in [0.15, 0.2) is 77.4 Å². The van der Waals surface area contributed by atoms with Crippen molar-refractivity contribution in [1.82, 2.24) is 4.98 Å². The lowest BCUT2D eigenvalue weighted by Gasteiger charge is -2.26. The number of hydrogen-bond donors (Lipinski definition) is 2. The van der Waals surface area contributed by atoms with E-state index in [0.29, 0.717) is 25.5 Å². The van der Waals surface area contributed by atoms with Crippen LogP contribution in [0.2, 0.25) is 5.02 Å². The number of phenolic OH excluding ortho intramolecular Hbond substituents is 1. The molecule has 2 aromatic heterocycles. The van der Waals surface area contributed by atoms with E-state index in [-0.39, 0.29) is 17.0 Å². The van der Waals surface area contributed by atoms with Crippen LogP contribution in [0.4, 0.5) is 5.69 Å². The first-order valence-corrected chi connectivity index (χ1v) is 12.3. The first-order chi connectivity index (χ1) is 16.4. The lowest BCUT2D eigenvalue weighted by atomic mass is 10.00. The van der Waals surface area contributed by atoms with Crippen molar-refractivity contribution in [1.29, 1.82) is 0 Å². The minimum absolute atomic E-state index is 0.0572. The standard InChI is InChI=1S/C25H17ClN2O4S2/c1-13-23(34-24(27-13)14-6-3-2-4-7-14)21(30)19-20(18-8-5-11-33-18)28(25(32)22(19)31)16-12-15(26)9-10-17(16)29/h2-12,20,29,31H,1H3. The predicted molar refractivity (Wildman–Crippen MR) is 134 cm³/mol. The van der Waals surface area contributed by atoms with E-state index >= 15 is 0 Å². The van der Waals surface area contributed by atoms with Crippen LogP contribution in [-0.4, -0.2) is 26.9 Å². The second kappa shape index (κ2) is 8.72. The van der Waals surface area contributed by atoms with E-state index in [1.165, 1.54) is 45.8 Å². The largest absolute Gasteiger partial charge is 0.506 e. The first kappa shape index (κ1) is 22.3. The fraction of sp³-hybridized carbons (Fsp3) is 0.0800. The number of nitrogens with zero attached hydrogens (tertiary/aromatic N) is 2. The van der Waals surface area contributed by atoms with Gasteiger partial charge in [0.05, 0.1) is 21.8 Å². The maximum absolute atomic E-state index is 13.8. The smallest absolute Gasteiger partial charge is 0.294 e. The molecule has 1 unspecified atom stereocenters. The van der Waals surface area contributed by atoms with Gasteiger partial charge in [-0.3, -0.25) is 14.5 Å². The maximum atomic E-state index is 13.8. The molecule has 5 rings (SSSR count). The van der Waals surface area contributed by atoms with Gasteiger partial charge in [0.1, 0.15) is 16.8 Å². The molecule has 0 radical (unpaired) electrons. The molecule has 4 aromatic rings. The predicted octanol–water partition coefficient (Wildman–Crippen LogP) is 6.32. The van der Waals surface area contributed by atoms with Gasteiger partial charge in [-0.2, -0.15) is 0 Å². The highest BCUT2D eigenvalue weighted by Crippen LogP contribution is 2.47. The molecule has 1 atom stereocenters. The number of aromatic hydroxyl groups is 1. The van der Waals surface area contributed by atoms with Crippen LogP contribution in [0, 0.1) is 6.92 Å². The number of halogens is 1. The molecule has 34 heavy (non-hydrogen) atoms. The summed E-state index contributed by atoms with van der Waals surface area (Å²) in [4.78, 5) is 33.8. The molecule has 1 aliphatic rings. The maximum Gasteiger partial charge on any atom is 0.294 e. The Bertz CT molecular complexity index is 1450. The number of aliphatic hydroxyl groups is 1. The number of aliphatic hydroxyl groups excluding tert-OH is 1. The van der Waals surface area contributed by atoms with Gasteiger partial charge in [-0.05, 0) is 36.6 Å². The molecule has 0 saturated heterocycles. The minimum atomic E-state index is -0.925. The fourth-order valence-corrected chi connectivity index (χ4v) is 5.94. The number of phenols is 1. The molecule has 0 spiro atoms. The van der Waals surface area contributed by atoms with E-state index in [1.807, 2.05) is 35.7 Å². The zero-order chi connectivity index (χ0) is 24.0. The van der Waals surface area contributed by atoms with Crippen molar-refractivity contribution in [3.63, 3.8) is 0 Å². The van der Waals surface area contributed by atoms with Gasteiger partial charge in [-0.15, -0.1) is 22.7 Å². The van der Waals surface area contributed by atoms with Gasteiger partial charge in [-0.25, -0.2) is 4.98 Å². The lowest BCUT2D eigenvalue weighted by Crippen LogP contribution is -2.30. The van der Waals surface area contributed by atoms with Crippen LogP contribution in [0.25, 0.3) is 10.6 Å². The number of anilines is 1. The second-order valence-corrected chi connectivity index (χ2v) is 10.0. The normalized spacial score (nSPS) is 15.9. The van der Waals surface area contributed by atoms with Gasteiger partial charge in [-0.1, -0.05) is 48.0 Å². The topological polar surface area (TPSA) is 90.7 Å². The van der Waals surface area contributed by atoms with Crippen molar-refractivity contribution in [3.8, 4) is 16.3 Å². The highest BCUT2D eigenvalue weighted by molar-refractivity contribution is 7.17. The Morgan fingerprint density at radius 1 is 1.09 bits per heavy atom. The Morgan fingerprint density at radius 3 is 2.56 bits per heavy atom. The van der Waals surface area contributed by atoms with Crippen molar-refractivity contribution < 1.29 is 19.8 Å². The minimum Gasteiger partial charge on any atom is -0.506 e. The number of benzene rings is 2. The molecule has 2 aromatic carbocycles. The molecule has 1 aliphatic heterocycles. The Balaban J connectivity index is 1.63. The second-order valence-electron chi connectivity index (χ2n) is 7.62. The summed E-state index contributed by atoms with van der Waals surface area (Å²) in [5.41, 5.74) is 1.43. The summed E-state index contributed by atoms with van der Waals surface area (Å²) < 4.78 is 0. The fourth-order valence-electron chi connectivity index (χ4n) is 3.92. The quantitative estimate of drug-likeness (QED) is 0.308. The molecule has 1 amide bonds. The van der Waals surface area contributed by atoms with Crippen molar-refractivity contribution in [3.05, 3.63) is 97.8 Å². The monoisotopic (exact) mass is 508 g/mol. The summed E-state index contributed by atoms with van der Waals surface area (Å²) in [7, 11) is 0. The third-order valence-corrected chi connectivity index (χ3v) is 7.85. The SMILES string of the molecule is Cc1nc(-c2ccccc2)sc1C(=O)C1=C(O)C(=O)N(c2cc(Cl)ccc2O)C1c1cccs1. The molecule has 0 saturated carbocycles. The number of hydrogen-bond acceptors (Lipinski definition) is 7. The first-order valence-electron chi connectivity index (χ1n) is 10.2. The van der Waals surface area contributed by atoms with Crippen molar-refractivity contribution in [2.75, 3.05) is 4.90 Å². The van der Waals surface area contributed by atoms with Gasteiger partial charge in [0, 0.05) is 15.5 Å².